The number of halogens is 1. The van der Waals surface area contributed by atoms with Crippen molar-refractivity contribution in [2.24, 2.45) is 0 Å². The highest BCUT2D eigenvalue weighted by atomic mass is 35.5. The monoisotopic (exact) mass is 354 g/mol. The minimum atomic E-state index is -0.747. The van der Waals surface area contributed by atoms with Gasteiger partial charge in [-0.15, -0.1) is 11.3 Å². The van der Waals surface area contributed by atoms with Crippen molar-refractivity contribution in [3.8, 4) is 5.75 Å². The fourth-order valence-corrected chi connectivity index (χ4v) is 2.50. The van der Waals surface area contributed by atoms with Crippen molar-refractivity contribution in [2.75, 3.05) is 11.9 Å². The standard InChI is InChI=1S/C15H15ClN2O4S/c1-3-21-14(20)12-8-23-15(17-12)18-13(19)9(2)22-11-6-4-5-10(16)7-11/h4-9H,3H2,1-2H3,(H,17,18,19). The van der Waals surface area contributed by atoms with Gasteiger partial charge in [0.2, 0.25) is 0 Å². The van der Waals surface area contributed by atoms with E-state index in [2.05, 4.69) is 10.3 Å². The van der Waals surface area contributed by atoms with Crippen LogP contribution in [0.3, 0.4) is 0 Å². The Labute approximate surface area is 142 Å². The van der Waals surface area contributed by atoms with Crippen molar-refractivity contribution < 1.29 is 19.1 Å². The summed E-state index contributed by atoms with van der Waals surface area (Å²) in [5, 5.41) is 4.95. The Morgan fingerprint density at radius 1 is 1.43 bits per heavy atom. The first-order valence-electron chi connectivity index (χ1n) is 6.85. The quantitative estimate of drug-likeness (QED) is 0.804. The highest BCUT2D eigenvalue weighted by molar-refractivity contribution is 7.14. The second-order valence-electron chi connectivity index (χ2n) is 4.47. The predicted octanol–water partition coefficient (Wildman–Crippen LogP) is 3.38. The molecule has 1 unspecified atom stereocenters. The average Bonchev–Trinajstić information content (AvgIpc) is 2.96. The Morgan fingerprint density at radius 3 is 2.91 bits per heavy atom. The summed E-state index contributed by atoms with van der Waals surface area (Å²) in [5.74, 6) is -0.409. The van der Waals surface area contributed by atoms with Crippen molar-refractivity contribution in [1.82, 2.24) is 4.98 Å². The molecule has 0 radical (unpaired) electrons. The number of hydrogen-bond donors (Lipinski definition) is 1. The summed E-state index contributed by atoms with van der Waals surface area (Å²) >= 11 is 7.00. The van der Waals surface area contributed by atoms with E-state index in [1.54, 1.807) is 38.1 Å². The fraction of sp³-hybridized carbons (Fsp3) is 0.267. The number of thiazole rings is 1. The van der Waals surface area contributed by atoms with Crippen molar-refractivity contribution in [2.45, 2.75) is 20.0 Å². The van der Waals surface area contributed by atoms with Crippen LogP contribution in [-0.2, 0) is 9.53 Å². The average molecular weight is 355 g/mol. The fourth-order valence-electron chi connectivity index (χ4n) is 1.63. The minimum absolute atomic E-state index is 0.163. The van der Waals surface area contributed by atoms with Gasteiger partial charge in [-0.25, -0.2) is 9.78 Å². The molecule has 0 saturated carbocycles. The second-order valence-corrected chi connectivity index (χ2v) is 5.76. The van der Waals surface area contributed by atoms with E-state index in [1.807, 2.05) is 0 Å². The van der Waals surface area contributed by atoms with Gasteiger partial charge in [0.1, 0.15) is 5.75 Å². The lowest BCUT2D eigenvalue weighted by molar-refractivity contribution is -0.122. The largest absolute Gasteiger partial charge is 0.481 e. The Hall–Kier alpha value is -2.12. The summed E-state index contributed by atoms with van der Waals surface area (Å²) < 4.78 is 10.3. The Balaban J connectivity index is 1.94. The van der Waals surface area contributed by atoms with Crippen molar-refractivity contribution in [3.05, 3.63) is 40.4 Å². The first kappa shape index (κ1) is 17.2. The molecule has 2 aromatic rings. The van der Waals surface area contributed by atoms with Crippen molar-refractivity contribution in [3.63, 3.8) is 0 Å². The molecule has 1 amide bonds. The number of anilines is 1. The number of nitrogens with zero attached hydrogens (tertiary/aromatic N) is 1. The summed E-state index contributed by atoms with van der Waals surface area (Å²) in [6, 6.07) is 6.77. The van der Waals surface area contributed by atoms with Gasteiger partial charge in [-0.3, -0.25) is 10.1 Å². The van der Waals surface area contributed by atoms with Crippen molar-refractivity contribution in [1.29, 1.82) is 0 Å². The van der Waals surface area contributed by atoms with Gasteiger partial charge in [-0.1, -0.05) is 17.7 Å². The molecule has 1 aromatic carbocycles. The van der Waals surface area contributed by atoms with Crippen LogP contribution in [0.5, 0.6) is 5.75 Å². The van der Waals surface area contributed by atoms with E-state index < -0.39 is 12.1 Å². The molecular weight excluding hydrogens is 340 g/mol. The summed E-state index contributed by atoms with van der Waals surface area (Å²) in [4.78, 5) is 27.6. The SMILES string of the molecule is CCOC(=O)c1csc(NC(=O)C(C)Oc2cccc(Cl)c2)n1. The zero-order valence-electron chi connectivity index (χ0n) is 12.5. The maximum atomic E-state index is 12.1. The van der Waals surface area contributed by atoms with Gasteiger partial charge in [-0.05, 0) is 32.0 Å². The molecule has 6 nitrogen and oxygen atoms in total. The summed E-state index contributed by atoms with van der Waals surface area (Å²) in [6.07, 6.45) is -0.747. The van der Waals surface area contributed by atoms with Gasteiger partial charge in [0.15, 0.2) is 16.9 Å². The first-order chi connectivity index (χ1) is 11.0. The molecule has 0 aliphatic heterocycles. The number of amides is 1. The maximum absolute atomic E-state index is 12.1. The zero-order chi connectivity index (χ0) is 16.8. The zero-order valence-corrected chi connectivity index (χ0v) is 14.1. The van der Waals surface area contributed by atoms with Crippen LogP contribution >= 0.6 is 22.9 Å². The summed E-state index contributed by atoms with van der Waals surface area (Å²) in [6.45, 7) is 3.58. The van der Waals surface area contributed by atoms with Crippen LogP contribution in [0.4, 0.5) is 5.13 Å². The third-order valence-electron chi connectivity index (χ3n) is 2.70. The molecule has 0 spiro atoms. The Morgan fingerprint density at radius 2 is 2.22 bits per heavy atom. The van der Waals surface area contributed by atoms with Crippen molar-refractivity contribution >= 4 is 39.9 Å². The maximum Gasteiger partial charge on any atom is 0.357 e. The number of carbonyl (C=O) groups is 2. The molecule has 8 heteroatoms. The number of aromatic nitrogens is 1. The number of hydrogen-bond acceptors (Lipinski definition) is 6. The smallest absolute Gasteiger partial charge is 0.357 e. The van der Waals surface area contributed by atoms with Crippen LogP contribution in [0.25, 0.3) is 0 Å². The van der Waals surface area contributed by atoms with Crippen LogP contribution in [0.15, 0.2) is 29.6 Å². The lowest BCUT2D eigenvalue weighted by atomic mass is 10.3. The molecule has 0 bridgehead atoms. The van der Waals surface area contributed by atoms with Gasteiger partial charge in [0, 0.05) is 10.4 Å². The van der Waals surface area contributed by atoms with E-state index in [1.165, 1.54) is 5.38 Å². The van der Waals surface area contributed by atoms with Crippen LogP contribution in [0.2, 0.25) is 5.02 Å². The molecule has 0 saturated heterocycles. The number of rotatable bonds is 6. The van der Waals surface area contributed by atoms with Gasteiger partial charge >= 0.3 is 5.97 Å². The topological polar surface area (TPSA) is 77.5 Å². The number of ether oxygens (including phenoxy) is 2. The molecule has 23 heavy (non-hydrogen) atoms. The molecule has 1 N–H and O–H groups in total. The van der Waals surface area contributed by atoms with Crippen LogP contribution in [-0.4, -0.2) is 29.6 Å². The molecule has 0 aliphatic carbocycles. The number of nitrogens with one attached hydrogen (secondary N) is 1. The molecule has 2 rings (SSSR count). The van der Waals surface area contributed by atoms with Gasteiger partial charge in [0.25, 0.3) is 5.91 Å². The molecular formula is C15H15ClN2O4S. The Kier molecular flexibility index (Phi) is 5.95. The lowest BCUT2D eigenvalue weighted by Gasteiger charge is -2.13. The van der Waals surface area contributed by atoms with Crippen LogP contribution in [0, 0.1) is 0 Å². The third kappa shape index (κ3) is 4.94. The number of benzene rings is 1. The molecule has 1 aromatic heterocycles. The second kappa shape index (κ2) is 7.94. The minimum Gasteiger partial charge on any atom is -0.481 e. The van der Waals surface area contributed by atoms with Crippen LogP contribution in [0.1, 0.15) is 24.3 Å². The molecule has 1 atom stereocenters. The van der Waals surface area contributed by atoms with E-state index in [0.717, 1.165) is 11.3 Å². The van der Waals surface area contributed by atoms with Gasteiger partial charge < -0.3 is 9.47 Å². The highest BCUT2D eigenvalue weighted by Gasteiger charge is 2.18. The normalized spacial score (nSPS) is 11.6. The van der Waals surface area contributed by atoms with Crippen LogP contribution < -0.4 is 10.1 Å². The van der Waals surface area contributed by atoms with E-state index in [0.29, 0.717) is 15.9 Å². The van der Waals surface area contributed by atoms with E-state index in [4.69, 9.17) is 21.1 Å². The molecule has 0 fully saturated rings. The highest BCUT2D eigenvalue weighted by Crippen LogP contribution is 2.20. The summed E-state index contributed by atoms with van der Waals surface area (Å²) in [5.41, 5.74) is 0.163. The first-order valence-corrected chi connectivity index (χ1v) is 8.11. The Bertz CT molecular complexity index is 704. The molecule has 1 heterocycles. The van der Waals surface area contributed by atoms with Gasteiger partial charge in [0.05, 0.1) is 6.61 Å². The number of esters is 1. The van der Waals surface area contributed by atoms with Gasteiger partial charge in [-0.2, -0.15) is 0 Å². The van der Waals surface area contributed by atoms with E-state index in [9.17, 15) is 9.59 Å². The van der Waals surface area contributed by atoms with E-state index >= 15 is 0 Å². The van der Waals surface area contributed by atoms with E-state index in [-0.39, 0.29) is 18.2 Å². The predicted molar refractivity (Wildman–Crippen MR) is 88.2 cm³/mol. The third-order valence-corrected chi connectivity index (χ3v) is 3.69. The summed E-state index contributed by atoms with van der Waals surface area (Å²) in [7, 11) is 0. The number of carbonyl (C=O) groups excluding carboxylic acids is 2. The lowest BCUT2D eigenvalue weighted by Crippen LogP contribution is -2.30. The molecule has 0 aliphatic rings. The molecule has 122 valence electrons.